The molecule has 0 amide bonds. The molecule has 0 fully saturated rings. The van der Waals surface area contributed by atoms with Crippen LogP contribution in [0.1, 0.15) is 24.3 Å². The quantitative estimate of drug-likeness (QED) is 0.620. The molecule has 2 heterocycles. The van der Waals surface area contributed by atoms with Gasteiger partial charge in [0.1, 0.15) is 17.4 Å². The summed E-state index contributed by atoms with van der Waals surface area (Å²) >= 11 is 7.30. The highest BCUT2D eigenvalue weighted by atomic mass is 35.5. The third kappa shape index (κ3) is 4.21. The molecule has 0 radical (unpaired) electrons. The predicted octanol–water partition coefficient (Wildman–Crippen LogP) is 4.87. The van der Waals surface area contributed by atoms with Crippen LogP contribution in [0, 0.1) is 0 Å². The lowest BCUT2D eigenvalue weighted by Crippen LogP contribution is -2.07. The van der Waals surface area contributed by atoms with E-state index in [0.29, 0.717) is 27.5 Å². The highest BCUT2D eigenvalue weighted by molar-refractivity contribution is 7.98. The average Bonchev–Trinajstić information content (AvgIpc) is 3.05. The van der Waals surface area contributed by atoms with Crippen molar-refractivity contribution in [2.24, 2.45) is 0 Å². The summed E-state index contributed by atoms with van der Waals surface area (Å²) < 4.78 is 5.75. The number of oxazole rings is 1. The van der Waals surface area contributed by atoms with Crippen molar-refractivity contribution in [3.05, 3.63) is 65.1 Å². The number of benzene rings is 1. The fourth-order valence-corrected chi connectivity index (χ4v) is 3.09. The Morgan fingerprint density at radius 2 is 2.04 bits per heavy atom. The molecule has 0 saturated carbocycles. The minimum absolute atomic E-state index is 0.332. The Morgan fingerprint density at radius 1 is 1.28 bits per heavy atom. The Morgan fingerprint density at radius 3 is 2.68 bits per heavy atom. The van der Waals surface area contributed by atoms with E-state index < -0.39 is 11.9 Å². The number of aromatic nitrogens is 2. The van der Waals surface area contributed by atoms with Crippen LogP contribution in [0.5, 0.6) is 0 Å². The Kier molecular flexibility index (Phi) is 5.40. The van der Waals surface area contributed by atoms with Gasteiger partial charge in [-0.2, -0.15) is 0 Å². The molecule has 5 nitrogen and oxygen atoms in total. The van der Waals surface area contributed by atoms with Gasteiger partial charge in [-0.15, -0.1) is 0 Å². The Labute approximate surface area is 154 Å². The summed E-state index contributed by atoms with van der Waals surface area (Å²) in [4.78, 5) is 20.1. The monoisotopic (exact) mass is 374 g/mol. The van der Waals surface area contributed by atoms with E-state index in [4.69, 9.17) is 16.0 Å². The zero-order valence-corrected chi connectivity index (χ0v) is 14.9. The fourth-order valence-electron chi connectivity index (χ4n) is 2.21. The van der Waals surface area contributed by atoms with Gasteiger partial charge < -0.3 is 9.52 Å². The Bertz CT molecular complexity index is 866. The molecule has 0 saturated heterocycles. The van der Waals surface area contributed by atoms with E-state index in [1.165, 1.54) is 11.8 Å². The zero-order chi connectivity index (χ0) is 17.8. The molecule has 0 aliphatic heterocycles. The largest absolute Gasteiger partial charge is 0.481 e. The van der Waals surface area contributed by atoms with Crippen molar-refractivity contribution in [2.45, 2.75) is 23.8 Å². The lowest BCUT2D eigenvalue weighted by molar-refractivity contribution is -0.138. The van der Waals surface area contributed by atoms with Crippen LogP contribution < -0.4 is 0 Å². The van der Waals surface area contributed by atoms with Crippen molar-refractivity contribution in [2.75, 3.05) is 0 Å². The number of halogens is 1. The molecule has 0 aliphatic rings. The van der Waals surface area contributed by atoms with Gasteiger partial charge >= 0.3 is 5.97 Å². The summed E-state index contributed by atoms with van der Waals surface area (Å²) in [5, 5.41) is 10.4. The summed E-state index contributed by atoms with van der Waals surface area (Å²) in [7, 11) is 0. The van der Waals surface area contributed by atoms with Gasteiger partial charge in [0.2, 0.25) is 0 Å². The summed E-state index contributed by atoms with van der Waals surface area (Å²) in [5.41, 5.74) is 2.18. The number of pyridine rings is 1. The van der Waals surface area contributed by atoms with Crippen molar-refractivity contribution in [3.8, 4) is 11.3 Å². The first kappa shape index (κ1) is 17.5. The normalized spacial score (nSPS) is 12.1. The van der Waals surface area contributed by atoms with Crippen LogP contribution in [0.25, 0.3) is 11.3 Å². The Hall–Kier alpha value is -2.31. The SMILES string of the molecule is CC(C(=O)O)c1oc(SCc2ccccn2)nc1-c1ccc(Cl)cc1. The van der Waals surface area contributed by atoms with E-state index in [0.717, 1.165) is 11.3 Å². The van der Waals surface area contributed by atoms with E-state index >= 15 is 0 Å². The average molecular weight is 375 g/mol. The van der Waals surface area contributed by atoms with E-state index in [1.54, 1.807) is 37.4 Å². The molecule has 3 rings (SSSR count). The van der Waals surface area contributed by atoms with Crippen molar-refractivity contribution >= 4 is 29.3 Å². The van der Waals surface area contributed by atoms with Crippen molar-refractivity contribution < 1.29 is 14.3 Å². The molecule has 3 aromatic rings. The lowest BCUT2D eigenvalue weighted by Gasteiger charge is -2.05. The molecular weight excluding hydrogens is 360 g/mol. The van der Waals surface area contributed by atoms with Crippen molar-refractivity contribution in [1.29, 1.82) is 0 Å². The molecular formula is C18H15ClN2O3S. The number of nitrogens with zero attached hydrogens (tertiary/aromatic N) is 2. The first-order chi connectivity index (χ1) is 12.0. The lowest BCUT2D eigenvalue weighted by atomic mass is 10.0. The van der Waals surface area contributed by atoms with Gasteiger partial charge in [-0.25, -0.2) is 4.98 Å². The van der Waals surface area contributed by atoms with Crippen LogP contribution in [-0.4, -0.2) is 21.0 Å². The topological polar surface area (TPSA) is 76.2 Å². The summed E-state index contributed by atoms with van der Waals surface area (Å²) in [5.74, 6) is -0.851. The van der Waals surface area contributed by atoms with Crippen LogP contribution in [0.4, 0.5) is 0 Å². The number of thioether (sulfide) groups is 1. The molecule has 1 aromatic carbocycles. The smallest absolute Gasteiger partial charge is 0.314 e. The number of aliphatic carboxylic acids is 1. The first-order valence-corrected chi connectivity index (χ1v) is 8.93. The Balaban J connectivity index is 1.91. The predicted molar refractivity (Wildman–Crippen MR) is 96.8 cm³/mol. The third-order valence-corrected chi connectivity index (χ3v) is 4.70. The number of carboxylic acids is 1. The summed E-state index contributed by atoms with van der Waals surface area (Å²) in [6.07, 6.45) is 1.72. The standard InChI is InChI=1S/C18H15ClN2O3S/c1-11(17(22)23)16-15(12-5-7-13(19)8-6-12)21-18(24-16)25-10-14-4-2-3-9-20-14/h2-9,11H,10H2,1H3,(H,22,23). The van der Waals surface area contributed by atoms with Crippen LogP contribution in [0.3, 0.4) is 0 Å². The van der Waals surface area contributed by atoms with Gasteiger partial charge in [0, 0.05) is 22.5 Å². The number of rotatable bonds is 6. The van der Waals surface area contributed by atoms with Gasteiger partial charge in [0.25, 0.3) is 5.22 Å². The second kappa shape index (κ2) is 7.72. The van der Waals surface area contributed by atoms with Gasteiger partial charge in [0.05, 0.1) is 5.69 Å². The van der Waals surface area contributed by atoms with E-state index in [-0.39, 0.29) is 0 Å². The molecule has 25 heavy (non-hydrogen) atoms. The first-order valence-electron chi connectivity index (χ1n) is 7.57. The molecule has 1 unspecified atom stereocenters. The maximum absolute atomic E-state index is 11.4. The molecule has 1 N–H and O–H groups in total. The van der Waals surface area contributed by atoms with Crippen LogP contribution in [0.15, 0.2) is 58.3 Å². The molecule has 0 aliphatic carbocycles. The van der Waals surface area contributed by atoms with Gasteiger partial charge in [0.15, 0.2) is 0 Å². The second-order valence-electron chi connectivity index (χ2n) is 5.37. The van der Waals surface area contributed by atoms with Crippen LogP contribution >= 0.6 is 23.4 Å². The van der Waals surface area contributed by atoms with Gasteiger partial charge in [-0.3, -0.25) is 9.78 Å². The molecule has 0 bridgehead atoms. The minimum Gasteiger partial charge on any atom is -0.481 e. The van der Waals surface area contributed by atoms with Gasteiger partial charge in [-0.1, -0.05) is 41.6 Å². The number of carboxylic acid groups (broad SMARTS) is 1. The molecule has 1 atom stereocenters. The van der Waals surface area contributed by atoms with Crippen molar-refractivity contribution in [3.63, 3.8) is 0 Å². The van der Waals surface area contributed by atoms with E-state index in [9.17, 15) is 9.90 Å². The summed E-state index contributed by atoms with van der Waals surface area (Å²) in [6, 6.07) is 12.7. The molecule has 2 aromatic heterocycles. The van der Waals surface area contributed by atoms with Gasteiger partial charge in [-0.05, 0) is 31.2 Å². The van der Waals surface area contributed by atoms with Crippen molar-refractivity contribution in [1.82, 2.24) is 9.97 Å². The number of hydrogen-bond donors (Lipinski definition) is 1. The second-order valence-corrected chi connectivity index (χ2v) is 6.73. The molecule has 128 valence electrons. The number of carbonyl (C=O) groups is 1. The highest BCUT2D eigenvalue weighted by Crippen LogP contribution is 2.34. The zero-order valence-electron chi connectivity index (χ0n) is 13.3. The maximum atomic E-state index is 11.4. The molecule has 7 heteroatoms. The minimum atomic E-state index is -0.965. The highest BCUT2D eigenvalue weighted by Gasteiger charge is 2.25. The molecule has 0 spiro atoms. The summed E-state index contributed by atoms with van der Waals surface area (Å²) in [6.45, 7) is 1.58. The number of hydrogen-bond acceptors (Lipinski definition) is 5. The maximum Gasteiger partial charge on any atom is 0.314 e. The van der Waals surface area contributed by atoms with Crippen LogP contribution in [-0.2, 0) is 10.5 Å². The van der Waals surface area contributed by atoms with Crippen LogP contribution in [0.2, 0.25) is 5.02 Å². The third-order valence-electron chi connectivity index (χ3n) is 3.58. The fraction of sp³-hybridized carbons (Fsp3) is 0.167. The van der Waals surface area contributed by atoms with E-state index in [2.05, 4.69) is 9.97 Å². The van der Waals surface area contributed by atoms with E-state index in [1.807, 2.05) is 18.2 Å².